The zero-order valence-corrected chi connectivity index (χ0v) is 29.5. The molecule has 5 rings (SSSR count). The first-order chi connectivity index (χ1) is 23.5. The van der Waals surface area contributed by atoms with Crippen LogP contribution in [0.5, 0.6) is 11.5 Å². The molecule has 2 fully saturated rings. The van der Waals surface area contributed by atoms with Crippen LogP contribution < -0.4 is 25.8 Å². The number of benzene rings is 3. The summed E-state index contributed by atoms with van der Waals surface area (Å²) >= 11 is 0. The number of likely N-dealkylation sites (tertiary alicyclic amines) is 1. The van der Waals surface area contributed by atoms with Crippen molar-refractivity contribution in [3.8, 4) is 11.5 Å². The van der Waals surface area contributed by atoms with Gasteiger partial charge in [0.05, 0.1) is 16.1 Å². The first-order valence-electron chi connectivity index (χ1n) is 16.6. The number of unbranched alkanes of at least 4 members (excludes halogenated alkanes) is 1. The van der Waals surface area contributed by atoms with Gasteiger partial charge in [0.2, 0.25) is 10.0 Å². The summed E-state index contributed by atoms with van der Waals surface area (Å²) in [5.74, 6) is -2.02. The van der Waals surface area contributed by atoms with Gasteiger partial charge in [-0.3, -0.25) is 9.69 Å². The van der Waals surface area contributed by atoms with Gasteiger partial charge in [0.1, 0.15) is 23.1 Å². The highest BCUT2D eigenvalue weighted by Crippen LogP contribution is 2.28. The number of hydrogen-bond acceptors (Lipinski definition) is 7. The van der Waals surface area contributed by atoms with Crippen LogP contribution in [-0.2, 0) is 21.3 Å². The molecule has 272 valence electrons. The van der Waals surface area contributed by atoms with Crippen LogP contribution in [0.1, 0.15) is 67.8 Å². The largest absolute Gasteiger partial charge is 0.457 e. The smallest absolute Gasteiger partial charge is 0.319 e. The van der Waals surface area contributed by atoms with Crippen molar-refractivity contribution >= 4 is 40.1 Å². The molecule has 2 aliphatic heterocycles. The summed E-state index contributed by atoms with van der Waals surface area (Å²) in [7, 11) is -3.64. The lowest BCUT2D eigenvalue weighted by Gasteiger charge is -2.40. The fraction of sp³-hybridized carbons (Fsp3) is 0.429. The quantitative estimate of drug-likeness (QED) is 0.166. The van der Waals surface area contributed by atoms with Crippen molar-refractivity contribution in [1.82, 2.24) is 14.9 Å². The SMILES string of the molecule is CCCCC1CC(NC(=O)Nc2cc(C(N)=O)c(F)cc2F)CCN1Cc1ccc(Oc2ccc(S(=O)(=O)NC3CCOCC3)cc2)cc1.Cl. The highest BCUT2D eigenvalue weighted by Gasteiger charge is 2.29. The van der Waals surface area contributed by atoms with Crippen molar-refractivity contribution in [1.29, 1.82) is 0 Å². The number of amides is 3. The monoisotopic (exact) mass is 735 g/mol. The van der Waals surface area contributed by atoms with Crippen molar-refractivity contribution in [2.45, 2.75) is 81.4 Å². The molecule has 2 aliphatic rings. The highest BCUT2D eigenvalue weighted by atomic mass is 35.5. The Labute approximate surface area is 297 Å². The second kappa shape index (κ2) is 17.9. The van der Waals surface area contributed by atoms with Crippen molar-refractivity contribution in [2.24, 2.45) is 5.73 Å². The maximum absolute atomic E-state index is 14.3. The number of primary amides is 1. The molecule has 2 saturated heterocycles. The van der Waals surface area contributed by atoms with Gasteiger partial charge in [-0.05, 0) is 80.1 Å². The number of halogens is 3. The molecule has 0 aliphatic carbocycles. The van der Waals surface area contributed by atoms with Gasteiger partial charge in [0, 0.05) is 50.5 Å². The Hall–Kier alpha value is -3.82. The Kier molecular flexibility index (Phi) is 14.0. The number of ether oxygens (including phenoxy) is 2. The van der Waals surface area contributed by atoms with Gasteiger partial charge in [-0.15, -0.1) is 12.4 Å². The van der Waals surface area contributed by atoms with Crippen molar-refractivity contribution in [2.75, 3.05) is 25.1 Å². The van der Waals surface area contributed by atoms with E-state index in [1.54, 1.807) is 12.1 Å². The minimum atomic E-state index is -3.64. The number of rotatable bonds is 13. The summed E-state index contributed by atoms with van der Waals surface area (Å²) in [6.45, 7) is 4.65. The number of carbonyl (C=O) groups excluding carboxylic acids is 2. The number of anilines is 1. The summed E-state index contributed by atoms with van der Waals surface area (Å²) < 4.78 is 67.7. The molecule has 2 unspecified atom stereocenters. The second-order valence-electron chi connectivity index (χ2n) is 12.5. The minimum Gasteiger partial charge on any atom is -0.457 e. The van der Waals surface area contributed by atoms with E-state index in [0.29, 0.717) is 63.0 Å². The predicted molar refractivity (Wildman–Crippen MR) is 188 cm³/mol. The fourth-order valence-corrected chi connectivity index (χ4v) is 7.48. The van der Waals surface area contributed by atoms with E-state index in [1.807, 2.05) is 24.3 Å². The normalized spacial score (nSPS) is 18.5. The minimum absolute atomic E-state index is 0. The molecule has 11 nitrogen and oxygen atoms in total. The summed E-state index contributed by atoms with van der Waals surface area (Å²) in [4.78, 5) is 26.8. The van der Waals surface area contributed by atoms with E-state index in [4.69, 9.17) is 15.2 Å². The summed E-state index contributed by atoms with van der Waals surface area (Å²) in [6, 6.07) is 14.8. The highest BCUT2D eigenvalue weighted by molar-refractivity contribution is 7.89. The van der Waals surface area contributed by atoms with Crippen LogP contribution in [0.15, 0.2) is 65.6 Å². The molecular formula is C35H44ClF2N5O6S. The molecule has 2 atom stereocenters. The maximum Gasteiger partial charge on any atom is 0.319 e. The molecule has 0 radical (unpaired) electrons. The van der Waals surface area contributed by atoms with Crippen LogP contribution in [0.4, 0.5) is 19.3 Å². The molecule has 5 N–H and O–H groups in total. The average molecular weight is 736 g/mol. The van der Waals surface area contributed by atoms with E-state index in [-0.39, 0.29) is 41.1 Å². The molecule has 3 aromatic carbocycles. The lowest BCUT2D eigenvalue weighted by Crippen LogP contribution is -2.50. The zero-order valence-electron chi connectivity index (χ0n) is 27.8. The van der Waals surface area contributed by atoms with Gasteiger partial charge < -0.3 is 25.8 Å². The predicted octanol–water partition coefficient (Wildman–Crippen LogP) is 6.08. The zero-order chi connectivity index (χ0) is 35.0. The third-order valence-electron chi connectivity index (χ3n) is 8.86. The summed E-state index contributed by atoms with van der Waals surface area (Å²) in [5.41, 5.74) is 5.41. The fourth-order valence-electron chi connectivity index (χ4n) is 6.18. The van der Waals surface area contributed by atoms with Crippen molar-refractivity contribution in [3.63, 3.8) is 0 Å². The first-order valence-corrected chi connectivity index (χ1v) is 18.1. The number of nitrogens with two attached hydrogens (primary N) is 1. The van der Waals surface area contributed by atoms with Crippen LogP contribution in [0.3, 0.4) is 0 Å². The van der Waals surface area contributed by atoms with Gasteiger partial charge in [-0.1, -0.05) is 31.9 Å². The third-order valence-corrected chi connectivity index (χ3v) is 10.4. The molecular weight excluding hydrogens is 692 g/mol. The van der Waals surface area contributed by atoms with Crippen LogP contribution in [0.25, 0.3) is 0 Å². The van der Waals surface area contributed by atoms with Crippen LogP contribution in [-0.4, -0.2) is 63.1 Å². The molecule has 0 spiro atoms. The number of nitrogens with one attached hydrogen (secondary N) is 3. The summed E-state index contributed by atoms with van der Waals surface area (Å²) in [5, 5.41) is 5.28. The van der Waals surface area contributed by atoms with Crippen LogP contribution in [0, 0.1) is 11.6 Å². The Morgan fingerprint density at radius 3 is 2.26 bits per heavy atom. The number of sulfonamides is 1. The molecule has 0 bridgehead atoms. The lowest BCUT2D eigenvalue weighted by molar-refractivity contribution is 0.0832. The molecule has 0 saturated carbocycles. The Morgan fingerprint density at radius 1 is 0.960 bits per heavy atom. The number of urea groups is 1. The molecule has 50 heavy (non-hydrogen) atoms. The number of hydrogen-bond donors (Lipinski definition) is 4. The van der Waals surface area contributed by atoms with Crippen molar-refractivity contribution in [3.05, 3.63) is 83.4 Å². The van der Waals surface area contributed by atoms with Crippen LogP contribution in [0.2, 0.25) is 0 Å². The molecule has 3 amide bonds. The number of piperidine rings is 1. The number of carbonyl (C=O) groups is 2. The molecule has 0 aromatic heterocycles. The van der Waals surface area contributed by atoms with E-state index >= 15 is 0 Å². The van der Waals surface area contributed by atoms with E-state index in [2.05, 4.69) is 27.2 Å². The lowest BCUT2D eigenvalue weighted by atomic mass is 9.93. The van der Waals surface area contributed by atoms with E-state index in [0.717, 1.165) is 37.4 Å². The van der Waals surface area contributed by atoms with Gasteiger partial charge in [0.15, 0.2) is 0 Å². The Balaban J connectivity index is 0.00000562. The van der Waals surface area contributed by atoms with Gasteiger partial charge in [-0.2, -0.15) is 0 Å². The number of nitrogens with zero attached hydrogens (tertiary/aromatic N) is 1. The topological polar surface area (TPSA) is 152 Å². The van der Waals surface area contributed by atoms with Gasteiger partial charge >= 0.3 is 6.03 Å². The van der Waals surface area contributed by atoms with E-state index in [1.165, 1.54) is 12.1 Å². The van der Waals surface area contributed by atoms with Crippen molar-refractivity contribution < 1.29 is 36.3 Å². The molecule has 3 aromatic rings. The third kappa shape index (κ3) is 10.6. The van der Waals surface area contributed by atoms with E-state index in [9.17, 15) is 26.8 Å². The van der Waals surface area contributed by atoms with Gasteiger partial charge in [0.25, 0.3) is 5.91 Å². The Morgan fingerprint density at radius 2 is 1.62 bits per heavy atom. The van der Waals surface area contributed by atoms with Gasteiger partial charge in [-0.25, -0.2) is 26.7 Å². The molecule has 15 heteroatoms. The Bertz CT molecular complexity index is 1710. The van der Waals surface area contributed by atoms with Crippen LogP contribution >= 0.6 is 12.4 Å². The standard InChI is InChI=1S/C35H43F2N5O6S.ClH/c1-2-3-4-26-19-25(39-35(44)40-33-20-30(34(38)43)31(36)21-32(33)37)13-16-42(26)22-23-5-7-27(8-6-23)48-28-9-11-29(12-10-28)49(45,46)41-24-14-17-47-18-15-24;/h5-12,20-21,24-26,41H,2-4,13-19,22H2,1H3,(H2,38,43)(H2,39,40,44);1H. The second-order valence-corrected chi connectivity index (χ2v) is 14.2. The first kappa shape index (κ1) is 39.0. The summed E-state index contributed by atoms with van der Waals surface area (Å²) in [6.07, 6.45) is 5.67. The van der Waals surface area contributed by atoms with E-state index < -0.39 is 39.2 Å². The maximum atomic E-state index is 14.3. The average Bonchev–Trinajstić information content (AvgIpc) is 3.07. The molecule has 2 heterocycles.